The van der Waals surface area contributed by atoms with Gasteiger partial charge in [0.2, 0.25) is 0 Å². The van der Waals surface area contributed by atoms with E-state index in [0.29, 0.717) is 28.5 Å². The first kappa shape index (κ1) is 24.1. The van der Waals surface area contributed by atoms with Crippen LogP contribution >= 0.6 is 0 Å². The number of hydrogen-bond donors (Lipinski definition) is 2. The monoisotopic (exact) mass is 483 g/mol. The van der Waals surface area contributed by atoms with E-state index in [1.165, 1.54) is 0 Å². The summed E-state index contributed by atoms with van der Waals surface area (Å²) >= 11 is 0. The third-order valence-corrected chi connectivity index (χ3v) is 5.37. The first-order chi connectivity index (χ1) is 16.6. The molecule has 0 radical (unpaired) electrons. The van der Waals surface area contributed by atoms with Crippen molar-refractivity contribution in [1.29, 1.82) is 0 Å². The quantitative estimate of drug-likeness (QED) is 0.322. The molecule has 0 aliphatic rings. The molecule has 9 heteroatoms. The zero-order valence-corrected chi connectivity index (χ0v) is 19.4. The fraction of sp³-hybridized carbons (Fsp3) is 0.231. The number of ether oxygens (including phenoxy) is 2. The van der Waals surface area contributed by atoms with Gasteiger partial charge in [-0.2, -0.15) is 5.10 Å². The van der Waals surface area contributed by atoms with E-state index in [0.717, 1.165) is 11.6 Å². The van der Waals surface area contributed by atoms with E-state index < -0.39 is 23.4 Å². The van der Waals surface area contributed by atoms with Crippen LogP contribution in [0, 0.1) is 17.5 Å². The summed E-state index contributed by atoms with van der Waals surface area (Å²) in [6, 6.07) is 13.7. The van der Waals surface area contributed by atoms with Crippen molar-refractivity contribution in [3.8, 4) is 11.5 Å². The zero-order chi connectivity index (χ0) is 25.2. The molecule has 182 valence electrons. The summed E-state index contributed by atoms with van der Waals surface area (Å²) in [5, 5.41) is 10.1. The van der Waals surface area contributed by atoms with Crippen molar-refractivity contribution >= 4 is 22.6 Å². The van der Waals surface area contributed by atoms with Gasteiger partial charge in [0, 0.05) is 17.0 Å². The predicted octanol–water partition coefficient (Wildman–Crippen LogP) is 5.87. The highest BCUT2D eigenvalue weighted by Gasteiger charge is 2.15. The Morgan fingerprint density at radius 2 is 1.60 bits per heavy atom. The number of nitrogens with zero attached hydrogens (tertiary/aromatic N) is 1. The topological polar surface area (TPSA) is 76.2 Å². The molecule has 0 aliphatic carbocycles. The average Bonchev–Trinajstić information content (AvgIpc) is 3.21. The number of carbonyl (C=O) groups excluding carboxylic acids is 1. The first-order valence-electron chi connectivity index (χ1n) is 10.9. The number of rotatable bonds is 7. The highest BCUT2D eigenvalue weighted by molar-refractivity contribution is 6.00. The molecular formula is C26H24F3N3O3. The molecule has 0 spiro atoms. The lowest BCUT2D eigenvalue weighted by Crippen LogP contribution is -2.20. The van der Waals surface area contributed by atoms with Gasteiger partial charge in [0.05, 0.1) is 5.52 Å². The number of anilines is 1. The number of hydrogen-bond acceptors (Lipinski definition) is 4. The van der Waals surface area contributed by atoms with Crippen molar-refractivity contribution < 1.29 is 27.4 Å². The van der Waals surface area contributed by atoms with Crippen LogP contribution in [-0.2, 0) is 16.8 Å². The second-order valence-corrected chi connectivity index (χ2v) is 9.04. The third kappa shape index (κ3) is 5.74. The molecule has 0 aliphatic heterocycles. The Hall–Kier alpha value is -4.01. The minimum Gasteiger partial charge on any atom is -0.489 e. The van der Waals surface area contributed by atoms with Gasteiger partial charge in [-0.3, -0.25) is 9.89 Å². The summed E-state index contributed by atoms with van der Waals surface area (Å²) < 4.78 is 51.5. The van der Waals surface area contributed by atoms with Crippen LogP contribution in [0.15, 0.2) is 54.6 Å². The van der Waals surface area contributed by atoms with Gasteiger partial charge in [-0.15, -0.1) is 0 Å². The molecule has 6 nitrogen and oxygen atoms in total. The van der Waals surface area contributed by atoms with Crippen LogP contribution in [0.5, 0.6) is 11.5 Å². The molecule has 1 heterocycles. The Balaban J connectivity index is 1.39. The molecule has 1 aromatic heterocycles. The summed E-state index contributed by atoms with van der Waals surface area (Å²) in [7, 11) is 0. The molecule has 1 amide bonds. The summed E-state index contributed by atoms with van der Waals surface area (Å²) in [4.78, 5) is 12.4. The average molecular weight is 483 g/mol. The maximum Gasteiger partial charge on any atom is 0.263 e. The van der Waals surface area contributed by atoms with Crippen molar-refractivity contribution in [1.82, 2.24) is 10.2 Å². The lowest BCUT2D eigenvalue weighted by Gasteiger charge is -2.19. The molecule has 0 unspecified atom stereocenters. The van der Waals surface area contributed by atoms with Gasteiger partial charge < -0.3 is 14.8 Å². The molecule has 0 fully saturated rings. The fourth-order valence-corrected chi connectivity index (χ4v) is 3.38. The van der Waals surface area contributed by atoms with Crippen LogP contribution in [0.3, 0.4) is 0 Å². The van der Waals surface area contributed by atoms with Crippen LogP contribution in [0.25, 0.3) is 10.9 Å². The maximum absolute atomic E-state index is 13.9. The minimum absolute atomic E-state index is 0.0167. The fourth-order valence-electron chi connectivity index (χ4n) is 3.38. The molecule has 0 bridgehead atoms. The number of fused-ring (bicyclic) bond motifs is 1. The van der Waals surface area contributed by atoms with E-state index >= 15 is 0 Å². The normalized spacial score (nSPS) is 11.5. The highest BCUT2D eigenvalue weighted by atomic mass is 19.2. The van der Waals surface area contributed by atoms with Gasteiger partial charge in [0.25, 0.3) is 5.91 Å². The number of amides is 1. The summed E-state index contributed by atoms with van der Waals surface area (Å²) in [5.74, 6) is -2.58. The van der Waals surface area contributed by atoms with Crippen LogP contribution in [-0.4, -0.2) is 22.7 Å². The van der Waals surface area contributed by atoms with E-state index in [2.05, 4.69) is 36.3 Å². The zero-order valence-electron chi connectivity index (χ0n) is 19.4. The number of nitrogens with one attached hydrogen (secondary N) is 2. The highest BCUT2D eigenvalue weighted by Crippen LogP contribution is 2.27. The standard InChI is InChI=1S/C26H24F3N3O3/c1-26(2,3)16-4-6-17(7-5-16)35-14-24(33)30-25-19-11-18(8-9-23(19)31-32-25)34-13-15-10-21(28)22(29)12-20(15)27/h4-12H,13-14H2,1-3H3,(H2,30,31,32,33). The molecule has 0 atom stereocenters. The van der Waals surface area contributed by atoms with Crippen molar-refractivity contribution in [2.45, 2.75) is 32.8 Å². The molecule has 2 N–H and O–H groups in total. The minimum atomic E-state index is -1.27. The van der Waals surface area contributed by atoms with Crippen LogP contribution in [0.1, 0.15) is 31.9 Å². The molecule has 3 aromatic carbocycles. The van der Waals surface area contributed by atoms with Gasteiger partial charge in [-0.05, 0) is 47.4 Å². The van der Waals surface area contributed by atoms with E-state index in [-0.39, 0.29) is 30.0 Å². The van der Waals surface area contributed by atoms with E-state index in [4.69, 9.17) is 9.47 Å². The van der Waals surface area contributed by atoms with Crippen molar-refractivity contribution in [2.75, 3.05) is 11.9 Å². The Kier molecular flexibility index (Phi) is 6.68. The Morgan fingerprint density at radius 3 is 2.31 bits per heavy atom. The molecule has 35 heavy (non-hydrogen) atoms. The predicted molar refractivity (Wildman–Crippen MR) is 126 cm³/mol. The van der Waals surface area contributed by atoms with Crippen LogP contribution in [0.2, 0.25) is 0 Å². The van der Waals surface area contributed by atoms with Gasteiger partial charge in [-0.1, -0.05) is 32.9 Å². The second kappa shape index (κ2) is 9.69. The van der Waals surface area contributed by atoms with E-state index in [9.17, 15) is 18.0 Å². The molecule has 0 saturated heterocycles. The van der Waals surface area contributed by atoms with Crippen molar-refractivity contribution in [2.24, 2.45) is 0 Å². The van der Waals surface area contributed by atoms with Gasteiger partial charge in [0.1, 0.15) is 23.9 Å². The lowest BCUT2D eigenvalue weighted by molar-refractivity contribution is -0.118. The van der Waals surface area contributed by atoms with E-state index in [1.54, 1.807) is 18.2 Å². The second-order valence-electron chi connectivity index (χ2n) is 9.04. The molecule has 0 saturated carbocycles. The van der Waals surface area contributed by atoms with Gasteiger partial charge >= 0.3 is 0 Å². The maximum atomic E-state index is 13.9. The number of benzene rings is 3. The Labute approximate surface area is 200 Å². The Morgan fingerprint density at radius 1 is 0.914 bits per heavy atom. The number of carbonyl (C=O) groups is 1. The largest absolute Gasteiger partial charge is 0.489 e. The van der Waals surface area contributed by atoms with Crippen molar-refractivity contribution in [3.05, 3.63) is 83.2 Å². The van der Waals surface area contributed by atoms with Crippen molar-refractivity contribution in [3.63, 3.8) is 0 Å². The molecular weight excluding hydrogens is 459 g/mol. The summed E-state index contributed by atoms with van der Waals surface area (Å²) in [5.41, 5.74) is 1.67. The number of aromatic nitrogens is 2. The number of halogens is 3. The number of H-pyrrole nitrogens is 1. The third-order valence-electron chi connectivity index (χ3n) is 5.37. The summed E-state index contributed by atoms with van der Waals surface area (Å²) in [6.45, 7) is 5.82. The number of aromatic amines is 1. The SMILES string of the molecule is CC(C)(C)c1ccc(OCC(=O)Nc2n[nH]c3ccc(OCc4cc(F)c(F)cc4F)cc23)cc1. The van der Waals surface area contributed by atoms with Gasteiger partial charge in [-0.25, -0.2) is 13.2 Å². The molecule has 4 aromatic rings. The smallest absolute Gasteiger partial charge is 0.263 e. The Bertz CT molecular complexity index is 1360. The van der Waals surface area contributed by atoms with Gasteiger partial charge in [0.15, 0.2) is 24.1 Å². The lowest BCUT2D eigenvalue weighted by atomic mass is 9.87. The van der Waals surface area contributed by atoms with Crippen LogP contribution in [0.4, 0.5) is 19.0 Å². The first-order valence-corrected chi connectivity index (χ1v) is 10.9. The molecule has 4 rings (SSSR count). The summed E-state index contributed by atoms with van der Waals surface area (Å²) in [6.07, 6.45) is 0. The van der Waals surface area contributed by atoms with Crippen LogP contribution < -0.4 is 14.8 Å². The van der Waals surface area contributed by atoms with E-state index in [1.807, 2.05) is 24.3 Å².